The maximum Gasteiger partial charge on any atom is 0.331 e. The van der Waals surface area contributed by atoms with Crippen LogP contribution in [0, 0.1) is 0 Å². The Hall–Kier alpha value is -2.67. The topological polar surface area (TPSA) is 73.1 Å². The lowest BCUT2D eigenvalue weighted by atomic mass is 10.2. The van der Waals surface area contributed by atoms with Crippen molar-refractivity contribution in [2.45, 2.75) is 39.4 Å². The Morgan fingerprint density at radius 2 is 1.88 bits per heavy atom. The molecule has 1 aromatic carbocycles. The van der Waals surface area contributed by atoms with Crippen LogP contribution >= 0.6 is 11.3 Å². The second kappa shape index (κ2) is 7.70. The van der Waals surface area contributed by atoms with Crippen LogP contribution in [0.15, 0.2) is 51.4 Å². The molecule has 0 aliphatic carbocycles. The average molecular weight is 371 g/mol. The molecule has 0 atom stereocenters. The molecule has 6 nitrogen and oxygen atoms in total. The van der Waals surface area contributed by atoms with Crippen LogP contribution in [0.3, 0.4) is 0 Å². The van der Waals surface area contributed by atoms with Gasteiger partial charge in [0, 0.05) is 17.5 Å². The number of amides is 1. The Bertz CT molecular complexity index is 1030. The van der Waals surface area contributed by atoms with E-state index in [1.54, 1.807) is 35.6 Å². The molecule has 3 rings (SSSR count). The maximum absolute atomic E-state index is 12.9. The van der Waals surface area contributed by atoms with Gasteiger partial charge in [-0.25, -0.2) is 4.79 Å². The van der Waals surface area contributed by atoms with Crippen molar-refractivity contribution in [1.82, 2.24) is 14.5 Å². The lowest BCUT2D eigenvalue weighted by Gasteiger charge is -2.15. The van der Waals surface area contributed by atoms with Crippen LogP contribution < -0.4 is 16.6 Å². The number of nitrogens with zero attached hydrogens (tertiary/aromatic N) is 2. The molecule has 26 heavy (non-hydrogen) atoms. The number of aromatic nitrogens is 2. The molecule has 7 heteroatoms. The predicted octanol–water partition coefficient (Wildman–Crippen LogP) is 1.99. The lowest BCUT2D eigenvalue weighted by Crippen LogP contribution is -2.43. The summed E-state index contributed by atoms with van der Waals surface area (Å²) in [6.07, 6.45) is 0.601. The first kappa shape index (κ1) is 18.1. The average Bonchev–Trinajstić information content (AvgIpc) is 3.11. The number of rotatable bonds is 6. The van der Waals surface area contributed by atoms with Crippen LogP contribution in [0.2, 0.25) is 0 Å². The molecule has 0 bridgehead atoms. The molecule has 1 N–H and O–H groups in total. The molecule has 2 aromatic heterocycles. The van der Waals surface area contributed by atoms with E-state index in [-0.39, 0.29) is 30.6 Å². The number of thiophene rings is 1. The maximum atomic E-state index is 12.9. The largest absolute Gasteiger partial charge is 0.352 e. The monoisotopic (exact) mass is 371 g/mol. The van der Waals surface area contributed by atoms with Gasteiger partial charge in [0.25, 0.3) is 5.56 Å². The Labute approximate surface area is 154 Å². The second-order valence-electron chi connectivity index (χ2n) is 6.39. The van der Waals surface area contributed by atoms with Crippen LogP contribution in [0.4, 0.5) is 0 Å². The van der Waals surface area contributed by atoms with Crippen molar-refractivity contribution in [2.75, 3.05) is 0 Å². The standard InChI is InChI=1S/C19H21N3O3S/c1-13(2)20-17(23)12-22-16-8-4-3-7-15(16)18(24)21(19(22)25)10-9-14-6-5-11-26-14/h3-8,11,13H,9-10,12H2,1-2H3,(H,20,23). The van der Waals surface area contributed by atoms with E-state index in [1.165, 1.54) is 9.13 Å². The summed E-state index contributed by atoms with van der Waals surface area (Å²) in [6, 6.07) is 10.8. The number of nitrogens with one attached hydrogen (secondary N) is 1. The van der Waals surface area contributed by atoms with Gasteiger partial charge >= 0.3 is 5.69 Å². The van der Waals surface area contributed by atoms with Crippen molar-refractivity contribution >= 4 is 28.1 Å². The van der Waals surface area contributed by atoms with E-state index in [9.17, 15) is 14.4 Å². The van der Waals surface area contributed by atoms with Gasteiger partial charge in [0.05, 0.1) is 10.9 Å². The Morgan fingerprint density at radius 1 is 1.12 bits per heavy atom. The van der Waals surface area contributed by atoms with Gasteiger partial charge in [-0.05, 0) is 43.8 Å². The molecule has 0 saturated heterocycles. The van der Waals surface area contributed by atoms with Gasteiger partial charge < -0.3 is 5.32 Å². The van der Waals surface area contributed by atoms with Crippen LogP contribution in [0.25, 0.3) is 10.9 Å². The fourth-order valence-corrected chi connectivity index (χ4v) is 3.61. The summed E-state index contributed by atoms with van der Waals surface area (Å²) >= 11 is 1.59. The van der Waals surface area contributed by atoms with E-state index in [0.717, 1.165) is 4.88 Å². The highest BCUT2D eigenvalue weighted by atomic mass is 32.1. The lowest BCUT2D eigenvalue weighted by molar-refractivity contribution is -0.122. The fraction of sp³-hybridized carbons (Fsp3) is 0.316. The molecule has 0 saturated carbocycles. The summed E-state index contributed by atoms with van der Waals surface area (Å²) in [5, 5.41) is 5.19. The number of para-hydroxylation sites is 1. The van der Waals surface area contributed by atoms with E-state index in [2.05, 4.69) is 5.32 Å². The van der Waals surface area contributed by atoms with Crippen LogP contribution in [-0.4, -0.2) is 21.1 Å². The highest BCUT2D eigenvalue weighted by Crippen LogP contribution is 2.11. The molecule has 0 aliphatic rings. The highest BCUT2D eigenvalue weighted by Gasteiger charge is 2.15. The van der Waals surface area contributed by atoms with Gasteiger partial charge in [0.1, 0.15) is 6.54 Å². The van der Waals surface area contributed by atoms with Crippen LogP contribution in [0.1, 0.15) is 18.7 Å². The molecule has 0 radical (unpaired) electrons. The van der Waals surface area contributed by atoms with Gasteiger partial charge in [0.15, 0.2) is 0 Å². The normalized spacial score (nSPS) is 11.2. The van der Waals surface area contributed by atoms with E-state index < -0.39 is 5.69 Å². The number of carbonyl (C=O) groups excluding carboxylic acids is 1. The number of fused-ring (bicyclic) bond motifs is 1. The minimum atomic E-state index is -0.454. The predicted molar refractivity (Wildman–Crippen MR) is 104 cm³/mol. The Morgan fingerprint density at radius 3 is 2.58 bits per heavy atom. The summed E-state index contributed by atoms with van der Waals surface area (Å²) < 4.78 is 2.60. The quantitative estimate of drug-likeness (QED) is 0.720. The van der Waals surface area contributed by atoms with Gasteiger partial charge in [-0.15, -0.1) is 11.3 Å². The van der Waals surface area contributed by atoms with E-state index in [4.69, 9.17) is 0 Å². The van der Waals surface area contributed by atoms with Crippen molar-refractivity contribution in [2.24, 2.45) is 0 Å². The summed E-state index contributed by atoms with van der Waals surface area (Å²) in [4.78, 5) is 39.0. The fourth-order valence-electron chi connectivity index (χ4n) is 2.91. The number of carbonyl (C=O) groups is 1. The highest BCUT2D eigenvalue weighted by molar-refractivity contribution is 7.09. The van der Waals surface area contributed by atoms with Crippen molar-refractivity contribution < 1.29 is 4.79 Å². The van der Waals surface area contributed by atoms with E-state index >= 15 is 0 Å². The third kappa shape index (κ3) is 3.77. The summed E-state index contributed by atoms with van der Waals surface area (Å²) in [6.45, 7) is 3.90. The third-order valence-corrected chi connectivity index (χ3v) is 4.98. The SMILES string of the molecule is CC(C)NC(=O)Cn1c(=O)n(CCc2cccs2)c(=O)c2ccccc21. The molecule has 3 aromatic rings. The van der Waals surface area contributed by atoms with Crippen molar-refractivity contribution in [1.29, 1.82) is 0 Å². The zero-order chi connectivity index (χ0) is 18.7. The number of hydrogen-bond acceptors (Lipinski definition) is 4. The van der Waals surface area contributed by atoms with Crippen molar-refractivity contribution in [3.8, 4) is 0 Å². The van der Waals surface area contributed by atoms with Gasteiger partial charge in [0.2, 0.25) is 5.91 Å². The molecular formula is C19H21N3O3S. The second-order valence-corrected chi connectivity index (χ2v) is 7.43. The van der Waals surface area contributed by atoms with E-state index in [1.807, 2.05) is 31.4 Å². The van der Waals surface area contributed by atoms with Gasteiger partial charge in [-0.3, -0.25) is 18.7 Å². The first-order valence-corrected chi connectivity index (χ1v) is 9.39. The molecule has 1 amide bonds. The summed E-state index contributed by atoms with van der Waals surface area (Å²) in [7, 11) is 0. The first-order chi connectivity index (χ1) is 12.5. The van der Waals surface area contributed by atoms with Gasteiger partial charge in [-0.2, -0.15) is 0 Å². The van der Waals surface area contributed by atoms with E-state index in [0.29, 0.717) is 17.3 Å². The summed E-state index contributed by atoms with van der Waals surface area (Å²) in [5.41, 5.74) is -0.291. The Balaban J connectivity index is 2.06. The minimum absolute atomic E-state index is 0.0193. The molecule has 136 valence electrons. The number of hydrogen-bond donors (Lipinski definition) is 1. The first-order valence-electron chi connectivity index (χ1n) is 8.51. The molecule has 0 aliphatic heterocycles. The third-order valence-electron chi connectivity index (χ3n) is 4.05. The Kier molecular flexibility index (Phi) is 5.37. The molecule has 2 heterocycles. The molecule has 0 unspecified atom stereocenters. The van der Waals surface area contributed by atoms with Crippen molar-refractivity contribution in [3.05, 3.63) is 67.5 Å². The van der Waals surface area contributed by atoms with Gasteiger partial charge in [-0.1, -0.05) is 18.2 Å². The van der Waals surface area contributed by atoms with Crippen LogP contribution in [0.5, 0.6) is 0 Å². The number of benzene rings is 1. The number of aryl methyl sites for hydroxylation is 1. The molecule has 0 spiro atoms. The van der Waals surface area contributed by atoms with Crippen LogP contribution in [-0.2, 0) is 24.3 Å². The molecule has 0 fully saturated rings. The zero-order valence-corrected chi connectivity index (χ0v) is 15.6. The summed E-state index contributed by atoms with van der Waals surface area (Å²) in [5.74, 6) is -0.254. The minimum Gasteiger partial charge on any atom is -0.352 e. The molecular weight excluding hydrogens is 350 g/mol. The smallest absolute Gasteiger partial charge is 0.331 e. The zero-order valence-electron chi connectivity index (χ0n) is 14.8. The van der Waals surface area contributed by atoms with Crippen molar-refractivity contribution in [3.63, 3.8) is 0 Å².